The molecule has 0 heterocycles. The smallest absolute Gasteiger partial charge is 1.00 e. The Kier molecular flexibility index (Phi) is 6.11. The first-order chi connectivity index (χ1) is 6.80. The maximum Gasteiger partial charge on any atom is 1.00 e. The van der Waals surface area contributed by atoms with E-state index in [0.717, 1.165) is 25.1 Å². The number of aromatic hydroxyl groups is 1. The Labute approximate surface area is 136 Å². The van der Waals surface area contributed by atoms with Gasteiger partial charge in [0.05, 0.1) is 0 Å². The van der Waals surface area contributed by atoms with Gasteiger partial charge in [0.1, 0.15) is 10.6 Å². The van der Waals surface area contributed by atoms with Crippen molar-refractivity contribution in [2.24, 2.45) is 0 Å². The topological polar surface area (TPSA) is 101 Å². The van der Waals surface area contributed by atoms with Crippen molar-refractivity contribution in [2.75, 3.05) is 0 Å². The summed E-state index contributed by atoms with van der Waals surface area (Å²) in [6.45, 7) is 1.08. The minimum atomic E-state index is -4.54. The van der Waals surface area contributed by atoms with Crippen LogP contribution in [0, 0.1) is 0 Å². The molecule has 1 aromatic carbocycles. The molecular formula is C8H9KO6S. The summed E-state index contributed by atoms with van der Waals surface area (Å²) < 4.78 is 35.0. The molecule has 0 radical (unpaired) electrons. The van der Waals surface area contributed by atoms with Crippen LogP contribution in [0.15, 0.2) is 23.1 Å². The molecule has 16 heavy (non-hydrogen) atoms. The summed E-state index contributed by atoms with van der Waals surface area (Å²) in [5.41, 5.74) is 0. The molecule has 2 N–H and O–H groups in total. The third-order valence-electron chi connectivity index (χ3n) is 1.46. The van der Waals surface area contributed by atoms with E-state index in [0.29, 0.717) is 0 Å². The molecule has 0 saturated carbocycles. The third-order valence-corrected chi connectivity index (χ3v) is 2.33. The third kappa shape index (κ3) is 4.50. The number of esters is 1. The summed E-state index contributed by atoms with van der Waals surface area (Å²) in [5.74, 6) is -1.42. The predicted molar refractivity (Wildman–Crippen MR) is 50.3 cm³/mol. The van der Waals surface area contributed by atoms with E-state index in [4.69, 9.17) is 9.66 Å². The van der Waals surface area contributed by atoms with Gasteiger partial charge < -0.3 is 11.3 Å². The van der Waals surface area contributed by atoms with Crippen molar-refractivity contribution in [1.29, 1.82) is 0 Å². The molecular weight excluding hydrogens is 263 g/mol. The Balaban J connectivity index is 0. The molecule has 0 aliphatic heterocycles. The van der Waals surface area contributed by atoms with E-state index in [2.05, 4.69) is 4.74 Å². The summed E-state index contributed by atoms with van der Waals surface area (Å²) in [5, 5.41) is 9.02. The molecule has 0 unspecified atom stereocenters. The van der Waals surface area contributed by atoms with Gasteiger partial charge in [-0.3, -0.25) is 9.35 Å². The quantitative estimate of drug-likeness (QED) is 0.271. The summed E-state index contributed by atoms with van der Waals surface area (Å²) in [6.07, 6.45) is 0. The van der Waals surface area contributed by atoms with E-state index < -0.39 is 21.0 Å². The van der Waals surface area contributed by atoms with E-state index in [1.165, 1.54) is 0 Å². The van der Waals surface area contributed by atoms with Gasteiger partial charge in [0.25, 0.3) is 10.1 Å². The van der Waals surface area contributed by atoms with Crippen LogP contribution in [0.25, 0.3) is 0 Å². The first-order valence-electron chi connectivity index (χ1n) is 3.79. The number of hydrogen-bond donors (Lipinski definition) is 2. The van der Waals surface area contributed by atoms with Gasteiger partial charge in [-0.15, -0.1) is 0 Å². The zero-order valence-corrected chi connectivity index (χ0v) is 12.6. The minimum absolute atomic E-state index is 0. The van der Waals surface area contributed by atoms with Crippen LogP contribution in [-0.4, -0.2) is 24.0 Å². The Hall–Kier alpha value is 0.0364. The Morgan fingerprint density at radius 3 is 2.44 bits per heavy atom. The van der Waals surface area contributed by atoms with Gasteiger partial charge >= 0.3 is 57.4 Å². The van der Waals surface area contributed by atoms with E-state index in [1.54, 1.807) is 0 Å². The van der Waals surface area contributed by atoms with Crippen molar-refractivity contribution in [3.05, 3.63) is 18.2 Å². The van der Waals surface area contributed by atoms with Crippen LogP contribution in [0.3, 0.4) is 0 Å². The van der Waals surface area contributed by atoms with E-state index in [1.807, 2.05) is 0 Å². The normalized spacial score (nSPS) is 10.4. The first-order valence-corrected chi connectivity index (χ1v) is 5.23. The van der Waals surface area contributed by atoms with Gasteiger partial charge in [-0.25, -0.2) is 0 Å². The van der Waals surface area contributed by atoms with Crippen molar-refractivity contribution >= 4 is 16.1 Å². The average Bonchev–Trinajstić information content (AvgIpc) is 2.05. The van der Waals surface area contributed by atoms with Crippen LogP contribution in [0.1, 0.15) is 8.35 Å². The number of hydrogen-bond acceptors (Lipinski definition) is 5. The monoisotopic (exact) mass is 272 g/mol. The molecule has 1 aromatic rings. The predicted octanol–water partition coefficient (Wildman–Crippen LogP) is -2.32. The molecule has 0 atom stereocenters. The average molecular weight is 272 g/mol. The largest absolute Gasteiger partial charge is 1.00 e. The van der Waals surface area contributed by atoms with Gasteiger partial charge in [0.15, 0.2) is 5.75 Å². The second-order valence-electron chi connectivity index (χ2n) is 2.70. The van der Waals surface area contributed by atoms with Gasteiger partial charge in [0, 0.05) is 13.0 Å². The molecule has 0 bridgehead atoms. The SMILES string of the molecule is CC(=O)Oc1ccc(O)cc1S(=O)(=O)O.[H-].[K+]. The zero-order valence-electron chi connectivity index (χ0n) is 9.67. The molecule has 6 nitrogen and oxygen atoms in total. The van der Waals surface area contributed by atoms with Crippen molar-refractivity contribution in [1.82, 2.24) is 0 Å². The summed E-state index contributed by atoms with van der Waals surface area (Å²) in [4.78, 5) is 9.96. The Morgan fingerprint density at radius 2 is 2.00 bits per heavy atom. The van der Waals surface area contributed by atoms with Crippen LogP contribution >= 0.6 is 0 Å². The number of phenolic OH excluding ortho intramolecular Hbond substituents is 1. The van der Waals surface area contributed by atoms with Crippen molar-refractivity contribution in [3.8, 4) is 11.5 Å². The van der Waals surface area contributed by atoms with E-state index in [9.17, 15) is 13.2 Å². The van der Waals surface area contributed by atoms with Crippen molar-refractivity contribution in [3.63, 3.8) is 0 Å². The summed E-state index contributed by atoms with van der Waals surface area (Å²) in [6, 6.07) is 2.99. The Bertz CT molecular complexity index is 501. The molecule has 0 aromatic heterocycles. The molecule has 0 saturated heterocycles. The number of carbonyl (C=O) groups excluding carboxylic acids is 1. The second kappa shape index (κ2) is 6.10. The number of carbonyl (C=O) groups is 1. The van der Waals surface area contributed by atoms with E-state index in [-0.39, 0.29) is 64.3 Å². The fourth-order valence-corrected chi connectivity index (χ4v) is 1.57. The standard InChI is InChI=1S/C8H8O6S.K.H/c1-5(9)14-7-3-2-6(10)4-8(7)15(11,12)13;;/h2-4,10H,1H3,(H,11,12,13);;/q;+1;-1. The van der Waals surface area contributed by atoms with Crippen molar-refractivity contribution < 1.29 is 80.4 Å². The van der Waals surface area contributed by atoms with Crippen LogP contribution in [0.4, 0.5) is 0 Å². The molecule has 0 aliphatic carbocycles. The fraction of sp³-hybridized carbons (Fsp3) is 0.125. The first kappa shape index (κ1) is 16.0. The van der Waals surface area contributed by atoms with Gasteiger partial charge in [0.2, 0.25) is 0 Å². The number of phenols is 1. The second-order valence-corrected chi connectivity index (χ2v) is 4.09. The molecule has 84 valence electrons. The maximum absolute atomic E-state index is 10.8. The number of rotatable bonds is 2. The fourth-order valence-electron chi connectivity index (χ4n) is 0.938. The van der Waals surface area contributed by atoms with Gasteiger partial charge in [-0.1, -0.05) is 0 Å². The van der Waals surface area contributed by atoms with Gasteiger partial charge in [-0.2, -0.15) is 8.42 Å². The van der Waals surface area contributed by atoms with E-state index >= 15 is 0 Å². The maximum atomic E-state index is 10.8. The van der Waals surface area contributed by atoms with Crippen LogP contribution < -0.4 is 56.1 Å². The van der Waals surface area contributed by atoms with Crippen molar-refractivity contribution in [2.45, 2.75) is 11.8 Å². The molecule has 0 fully saturated rings. The molecule has 8 heteroatoms. The molecule has 0 amide bonds. The van der Waals surface area contributed by atoms with Gasteiger partial charge in [-0.05, 0) is 12.1 Å². The zero-order chi connectivity index (χ0) is 11.6. The molecule has 1 rings (SSSR count). The van der Waals surface area contributed by atoms with Crippen LogP contribution in [0.2, 0.25) is 0 Å². The molecule has 0 aliphatic rings. The van der Waals surface area contributed by atoms with Crippen LogP contribution in [-0.2, 0) is 14.9 Å². The molecule has 0 spiro atoms. The van der Waals surface area contributed by atoms with Crippen LogP contribution in [0.5, 0.6) is 11.5 Å². The number of ether oxygens (including phenoxy) is 1. The minimum Gasteiger partial charge on any atom is -1.00 e. The summed E-state index contributed by atoms with van der Waals surface area (Å²) in [7, 11) is -4.54. The number of benzene rings is 1. The summed E-state index contributed by atoms with van der Waals surface area (Å²) >= 11 is 0. The Morgan fingerprint density at radius 1 is 1.44 bits per heavy atom.